The number of nitrogens with zero attached hydrogens (tertiary/aromatic N) is 1. The maximum absolute atomic E-state index is 11.7. The first-order chi connectivity index (χ1) is 11.7. The number of aromatic nitrogens is 1. The lowest BCUT2D eigenvalue weighted by Crippen LogP contribution is -2.15. The summed E-state index contributed by atoms with van der Waals surface area (Å²) < 4.78 is 7.94. The van der Waals surface area contributed by atoms with Crippen LogP contribution in [0.1, 0.15) is 17.5 Å². The smallest absolute Gasteiger partial charge is 0.307 e. The highest BCUT2D eigenvalue weighted by molar-refractivity contribution is 7.16. The van der Waals surface area contributed by atoms with E-state index in [2.05, 4.69) is 29.6 Å². The molecule has 1 aromatic heterocycles. The second kappa shape index (κ2) is 7.64. The number of nitrogens with one attached hydrogen (secondary N) is 1. The Morgan fingerprint density at radius 2 is 1.88 bits per heavy atom. The molecule has 0 aliphatic heterocycles. The summed E-state index contributed by atoms with van der Waals surface area (Å²) in [6, 6.07) is 14.4. The topological polar surface area (TPSA) is 43.3 Å². The molecule has 0 fully saturated rings. The third-order valence-electron chi connectivity index (χ3n) is 4.16. The second-order valence-corrected chi connectivity index (χ2v) is 6.85. The van der Waals surface area contributed by atoms with Gasteiger partial charge in [-0.15, -0.1) is 0 Å². The highest BCUT2D eigenvalue weighted by Gasteiger charge is 2.04. The number of hydrogen-bond donors (Lipinski definition) is 1. The van der Waals surface area contributed by atoms with Crippen LogP contribution in [0.5, 0.6) is 5.75 Å². The van der Waals surface area contributed by atoms with Crippen LogP contribution in [-0.2, 0) is 20.0 Å². The van der Waals surface area contributed by atoms with Gasteiger partial charge in [0, 0.05) is 13.6 Å². The molecule has 1 N–H and O–H groups in total. The van der Waals surface area contributed by atoms with Gasteiger partial charge >= 0.3 is 4.87 Å². The van der Waals surface area contributed by atoms with Crippen molar-refractivity contribution in [2.45, 2.75) is 19.4 Å². The fraction of sp³-hybridized carbons (Fsp3) is 0.316. The van der Waals surface area contributed by atoms with Gasteiger partial charge in [0.05, 0.1) is 17.3 Å². The van der Waals surface area contributed by atoms with Crippen molar-refractivity contribution in [2.24, 2.45) is 7.05 Å². The standard InChI is InChI=1S/C19H22N2O2S/c1-21-17-10-7-14(12-18(17)24-19(21)22)4-3-11-20-13-15-5-8-16(23-2)9-6-15/h5-10,12,20H,3-4,11,13H2,1-2H3. The average molecular weight is 342 g/mol. The van der Waals surface area contributed by atoms with Crippen LogP contribution in [-0.4, -0.2) is 18.2 Å². The Bertz CT molecular complexity index is 865. The summed E-state index contributed by atoms with van der Waals surface area (Å²) in [5.74, 6) is 0.886. The molecule has 3 aromatic rings. The third-order valence-corrected chi connectivity index (χ3v) is 5.16. The van der Waals surface area contributed by atoms with Crippen LogP contribution in [0, 0.1) is 0 Å². The van der Waals surface area contributed by atoms with Crippen LogP contribution in [0.3, 0.4) is 0 Å². The second-order valence-electron chi connectivity index (χ2n) is 5.86. The fourth-order valence-corrected chi connectivity index (χ4v) is 3.67. The van der Waals surface area contributed by atoms with Crippen LogP contribution in [0.2, 0.25) is 0 Å². The number of hydrogen-bond acceptors (Lipinski definition) is 4. The zero-order valence-corrected chi connectivity index (χ0v) is 14.9. The van der Waals surface area contributed by atoms with E-state index in [4.69, 9.17) is 4.74 Å². The third kappa shape index (κ3) is 3.86. The van der Waals surface area contributed by atoms with Gasteiger partial charge in [-0.05, 0) is 54.8 Å². The Morgan fingerprint density at radius 1 is 1.12 bits per heavy atom. The number of benzene rings is 2. The van der Waals surface area contributed by atoms with Gasteiger partial charge in [-0.1, -0.05) is 29.5 Å². The van der Waals surface area contributed by atoms with E-state index in [9.17, 15) is 4.79 Å². The number of ether oxygens (including phenoxy) is 1. The van der Waals surface area contributed by atoms with Crippen molar-refractivity contribution in [2.75, 3.05) is 13.7 Å². The molecule has 4 nitrogen and oxygen atoms in total. The van der Waals surface area contributed by atoms with E-state index in [1.165, 1.54) is 22.5 Å². The molecule has 0 atom stereocenters. The maximum Gasteiger partial charge on any atom is 0.307 e. The number of methoxy groups -OCH3 is 1. The number of thiazole rings is 1. The van der Waals surface area contributed by atoms with E-state index in [1.54, 1.807) is 11.7 Å². The molecule has 0 bridgehead atoms. The van der Waals surface area contributed by atoms with E-state index in [0.717, 1.165) is 41.9 Å². The van der Waals surface area contributed by atoms with Crippen molar-refractivity contribution in [1.82, 2.24) is 9.88 Å². The first-order valence-corrected chi connectivity index (χ1v) is 8.91. The Kier molecular flexibility index (Phi) is 5.33. The molecule has 0 saturated carbocycles. The summed E-state index contributed by atoms with van der Waals surface area (Å²) in [5, 5.41) is 3.47. The normalized spacial score (nSPS) is 11.1. The zero-order chi connectivity index (χ0) is 16.9. The lowest BCUT2D eigenvalue weighted by molar-refractivity contribution is 0.414. The van der Waals surface area contributed by atoms with Crippen LogP contribution >= 0.6 is 11.3 Å². The van der Waals surface area contributed by atoms with Crippen molar-refractivity contribution < 1.29 is 4.74 Å². The quantitative estimate of drug-likeness (QED) is 0.670. The molecule has 0 aliphatic carbocycles. The van der Waals surface area contributed by atoms with Crippen molar-refractivity contribution in [1.29, 1.82) is 0 Å². The van der Waals surface area contributed by atoms with Crippen molar-refractivity contribution in [3.8, 4) is 5.75 Å². The first-order valence-electron chi connectivity index (χ1n) is 8.09. The Hall–Kier alpha value is -2.11. The van der Waals surface area contributed by atoms with E-state index < -0.39 is 0 Å². The molecule has 1 heterocycles. The van der Waals surface area contributed by atoms with E-state index in [1.807, 2.05) is 25.2 Å². The Morgan fingerprint density at radius 3 is 2.62 bits per heavy atom. The summed E-state index contributed by atoms with van der Waals surface area (Å²) >= 11 is 1.32. The molecular weight excluding hydrogens is 320 g/mol. The van der Waals surface area contributed by atoms with Crippen molar-refractivity contribution in [3.63, 3.8) is 0 Å². The van der Waals surface area contributed by atoms with Gasteiger partial charge in [-0.3, -0.25) is 4.79 Å². The minimum absolute atomic E-state index is 0.100. The molecule has 0 radical (unpaired) electrons. The largest absolute Gasteiger partial charge is 0.497 e. The average Bonchev–Trinajstić information content (AvgIpc) is 2.89. The van der Waals surface area contributed by atoms with Crippen LogP contribution < -0.4 is 14.9 Å². The molecule has 0 spiro atoms. The minimum atomic E-state index is 0.100. The maximum atomic E-state index is 11.7. The van der Waals surface area contributed by atoms with E-state index in [-0.39, 0.29) is 4.87 Å². The molecule has 2 aromatic carbocycles. The molecule has 126 valence electrons. The Labute approximate surface area is 145 Å². The summed E-state index contributed by atoms with van der Waals surface area (Å²) in [4.78, 5) is 11.8. The van der Waals surface area contributed by atoms with Gasteiger partial charge in [-0.25, -0.2) is 0 Å². The molecule has 24 heavy (non-hydrogen) atoms. The number of aryl methyl sites for hydroxylation is 2. The number of rotatable bonds is 7. The predicted molar refractivity (Wildman–Crippen MR) is 100 cm³/mol. The fourth-order valence-electron chi connectivity index (χ4n) is 2.73. The molecule has 5 heteroatoms. The highest BCUT2D eigenvalue weighted by Crippen LogP contribution is 2.19. The van der Waals surface area contributed by atoms with Crippen LogP contribution in [0.15, 0.2) is 47.3 Å². The van der Waals surface area contributed by atoms with Crippen LogP contribution in [0.25, 0.3) is 10.2 Å². The van der Waals surface area contributed by atoms with E-state index in [0.29, 0.717) is 0 Å². The summed E-state index contributed by atoms with van der Waals surface area (Å²) in [6.45, 7) is 1.83. The van der Waals surface area contributed by atoms with Crippen molar-refractivity contribution in [3.05, 3.63) is 63.3 Å². The summed E-state index contributed by atoms with van der Waals surface area (Å²) in [5.41, 5.74) is 3.56. The predicted octanol–water partition coefficient (Wildman–Crippen LogP) is 3.33. The van der Waals surface area contributed by atoms with Crippen molar-refractivity contribution >= 4 is 21.6 Å². The lowest BCUT2D eigenvalue weighted by atomic mass is 10.1. The van der Waals surface area contributed by atoms with Gasteiger partial charge in [0.25, 0.3) is 0 Å². The van der Waals surface area contributed by atoms with E-state index >= 15 is 0 Å². The van der Waals surface area contributed by atoms with Gasteiger partial charge in [0.2, 0.25) is 0 Å². The monoisotopic (exact) mass is 342 g/mol. The molecule has 3 rings (SSSR count). The van der Waals surface area contributed by atoms with Gasteiger partial charge in [0.15, 0.2) is 0 Å². The highest BCUT2D eigenvalue weighted by atomic mass is 32.1. The van der Waals surface area contributed by atoms with Crippen LogP contribution in [0.4, 0.5) is 0 Å². The zero-order valence-electron chi connectivity index (χ0n) is 14.0. The first kappa shape index (κ1) is 16.7. The van der Waals surface area contributed by atoms with Gasteiger partial charge in [-0.2, -0.15) is 0 Å². The lowest BCUT2D eigenvalue weighted by Gasteiger charge is -2.06. The molecule has 0 saturated heterocycles. The molecule has 0 aliphatic rings. The SMILES string of the molecule is COc1ccc(CNCCCc2ccc3c(c2)sc(=O)n3C)cc1. The summed E-state index contributed by atoms with van der Waals surface area (Å²) in [6.07, 6.45) is 2.09. The number of fused-ring (bicyclic) bond motifs is 1. The molecule has 0 amide bonds. The summed E-state index contributed by atoms with van der Waals surface area (Å²) in [7, 11) is 3.50. The molecular formula is C19H22N2O2S. The van der Waals surface area contributed by atoms with Gasteiger partial charge in [0.1, 0.15) is 5.75 Å². The van der Waals surface area contributed by atoms with Gasteiger partial charge < -0.3 is 14.6 Å². The Balaban J connectivity index is 1.47. The molecule has 0 unspecified atom stereocenters. The minimum Gasteiger partial charge on any atom is -0.497 e.